The molecule has 102 valence electrons. The van der Waals surface area contributed by atoms with Crippen LogP contribution in [0.1, 0.15) is 65.2 Å². The number of carbonyl (C=O) groups is 1. The van der Waals surface area contributed by atoms with E-state index in [1.807, 2.05) is 0 Å². The molecule has 2 heteroatoms. The fourth-order valence-electron chi connectivity index (χ4n) is 4.71. The fourth-order valence-corrected chi connectivity index (χ4v) is 4.71. The number of hydrogen-bond donors (Lipinski definition) is 1. The zero-order valence-corrected chi connectivity index (χ0v) is 11.9. The molecule has 4 unspecified atom stereocenters. The van der Waals surface area contributed by atoms with E-state index in [0.717, 1.165) is 24.7 Å². The van der Waals surface area contributed by atoms with Crippen molar-refractivity contribution < 1.29 is 4.79 Å². The minimum atomic E-state index is 0.329. The van der Waals surface area contributed by atoms with Crippen molar-refractivity contribution in [1.82, 2.24) is 5.32 Å². The van der Waals surface area contributed by atoms with Gasteiger partial charge in [0.2, 0.25) is 5.91 Å². The molecule has 0 radical (unpaired) electrons. The average molecular weight is 249 g/mol. The minimum Gasteiger partial charge on any atom is -0.353 e. The molecule has 0 aromatic heterocycles. The Labute approximate surface area is 111 Å². The number of nitrogens with one attached hydrogen (secondary N) is 1. The third kappa shape index (κ3) is 2.57. The lowest BCUT2D eigenvalue weighted by atomic mass is 9.86. The molecule has 3 fully saturated rings. The predicted octanol–water partition coefficient (Wildman–Crippen LogP) is 3.51. The molecule has 4 atom stereocenters. The molecular weight excluding hydrogens is 222 g/mol. The van der Waals surface area contributed by atoms with Crippen molar-refractivity contribution in [2.75, 3.05) is 0 Å². The van der Waals surface area contributed by atoms with E-state index in [1.165, 1.54) is 38.5 Å². The fraction of sp³-hybridized carbons (Fsp3) is 0.938. The maximum Gasteiger partial charge on any atom is 0.220 e. The van der Waals surface area contributed by atoms with Gasteiger partial charge in [0.15, 0.2) is 0 Å². The average Bonchev–Trinajstić information content (AvgIpc) is 2.93. The summed E-state index contributed by atoms with van der Waals surface area (Å²) in [6.45, 7) is 4.63. The highest BCUT2D eigenvalue weighted by molar-refractivity contribution is 5.76. The zero-order chi connectivity index (χ0) is 12.8. The van der Waals surface area contributed by atoms with E-state index < -0.39 is 0 Å². The molecular formula is C16H27NO. The van der Waals surface area contributed by atoms with Gasteiger partial charge in [-0.05, 0) is 61.7 Å². The lowest BCUT2D eigenvalue weighted by Crippen LogP contribution is -2.35. The normalized spacial score (nSPS) is 41.2. The molecule has 0 aromatic carbocycles. The van der Waals surface area contributed by atoms with Crippen LogP contribution in [0.25, 0.3) is 0 Å². The Hall–Kier alpha value is -0.530. The van der Waals surface area contributed by atoms with Crippen LogP contribution in [0.4, 0.5) is 0 Å². The van der Waals surface area contributed by atoms with Crippen LogP contribution in [-0.2, 0) is 4.79 Å². The lowest BCUT2D eigenvalue weighted by molar-refractivity contribution is -0.123. The van der Waals surface area contributed by atoms with Crippen LogP contribution in [0.5, 0.6) is 0 Å². The Morgan fingerprint density at radius 2 is 2.06 bits per heavy atom. The Kier molecular flexibility index (Phi) is 3.15. The number of amides is 1. The Balaban J connectivity index is 1.45. The molecule has 1 N–H and O–H groups in total. The number of rotatable bonds is 3. The van der Waals surface area contributed by atoms with Gasteiger partial charge in [-0.3, -0.25) is 4.79 Å². The predicted molar refractivity (Wildman–Crippen MR) is 73.1 cm³/mol. The molecule has 3 aliphatic carbocycles. The quantitative estimate of drug-likeness (QED) is 0.815. The van der Waals surface area contributed by atoms with Crippen LogP contribution >= 0.6 is 0 Å². The summed E-state index contributed by atoms with van der Waals surface area (Å²) in [6, 6.07) is 0.450. The summed E-state index contributed by atoms with van der Waals surface area (Å²) in [6.07, 6.45) is 9.95. The molecule has 18 heavy (non-hydrogen) atoms. The second kappa shape index (κ2) is 4.54. The van der Waals surface area contributed by atoms with Crippen LogP contribution in [0.15, 0.2) is 0 Å². The van der Waals surface area contributed by atoms with Crippen molar-refractivity contribution in [1.29, 1.82) is 0 Å². The van der Waals surface area contributed by atoms with Crippen molar-refractivity contribution in [3.05, 3.63) is 0 Å². The second-order valence-electron chi connectivity index (χ2n) is 7.81. The maximum atomic E-state index is 12.1. The molecule has 0 aliphatic heterocycles. The first-order valence-electron chi connectivity index (χ1n) is 7.81. The summed E-state index contributed by atoms with van der Waals surface area (Å²) < 4.78 is 0. The van der Waals surface area contributed by atoms with Crippen molar-refractivity contribution in [2.45, 2.75) is 71.3 Å². The van der Waals surface area contributed by atoms with E-state index in [1.54, 1.807) is 0 Å². The Morgan fingerprint density at radius 1 is 1.22 bits per heavy atom. The standard InChI is InChI=1S/C16H27NO/c1-16(2)6-5-14(10-16)17-15(18)9-13-8-11-3-4-12(13)7-11/h11-14H,3-10H2,1-2H3,(H,17,18). The van der Waals surface area contributed by atoms with Crippen molar-refractivity contribution in [3.63, 3.8) is 0 Å². The molecule has 3 saturated carbocycles. The largest absolute Gasteiger partial charge is 0.353 e. The number of hydrogen-bond acceptors (Lipinski definition) is 1. The molecule has 2 bridgehead atoms. The van der Waals surface area contributed by atoms with Gasteiger partial charge in [-0.2, -0.15) is 0 Å². The van der Waals surface area contributed by atoms with E-state index in [9.17, 15) is 4.79 Å². The second-order valence-corrected chi connectivity index (χ2v) is 7.81. The zero-order valence-electron chi connectivity index (χ0n) is 11.9. The van der Waals surface area contributed by atoms with Crippen LogP contribution in [0.2, 0.25) is 0 Å². The molecule has 0 aromatic rings. The highest BCUT2D eigenvalue weighted by Crippen LogP contribution is 2.49. The summed E-state index contributed by atoms with van der Waals surface area (Å²) in [7, 11) is 0. The van der Waals surface area contributed by atoms with Crippen LogP contribution in [-0.4, -0.2) is 11.9 Å². The number of carbonyl (C=O) groups excluding carboxylic acids is 1. The van der Waals surface area contributed by atoms with E-state index in [0.29, 0.717) is 23.3 Å². The maximum absolute atomic E-state index is 12.1. The minimum absolute atomic E-state index is 0.329. The first kappa shape index (κ1) is 12.5. The topological polar surface area (TPSA) is 29.1 Å². The molecule has 3 rings (SSSR count). The summed E-state index contributed by atoms with van der Waals surface area (Å²) in [5, 5.41) is 3.28. The van der Waals surface area contributed by atoms with Gasteiger partial charge in [0.1, 0.15) is 0 Å². The first-order valence-corrected chi connectivity index (χ1v) is 7.81. The van der Waals surface area contributed by atoms with Gasteiger partial charge in [-0.25, -0.2) is 0 Å². The van der Waals surface area contributed by atoms with Crippen molar-refractivity contribution in [3.8, 4) is 0 Å². The first-order chi connectivity index (χ1) is 8.52. The summed E-state index contributed by atoms with van der Waals surface area (Å²) in [5.41, 5.74) is 0.435. The SMILES string of the molecule is CC1(C)CCC(NC(=O)CC2CC3CCC2C3)C1. The third-order valence-electron chi connectivity index (χ3n) is 5.67. The van der Waals surface area contributed by atoms with Gasteiger partial charge in [-0.1, -0.05) is 20.3 Å². The molecule has 0 heterocycles. The molecule has 0 saturated heterocycles. The van der Waals surface area contributed by atoms with Gasteiger partial charge in [0, 0.05) is 12.5 Å². The Morgan fingerprint density at radius 3 is 2.61 bits per heavy atom. The van der Waals surface area contributed by atoms with Gasteiger partial charge < -0.3 is 5.32 Å². The highest BCUT2D eigenvalue weighted by Gasteiger charge is 2.40. The van der Waals surface area contributed by atoms with Crippen molar-refractivity contribution >= 4 is 5.91 Å². The van der Waals surface area contributed by atoms with Gasteiger partial charge in [0.25, 0.3) is 0 Å². The van der Waals surface area contributed by atoms with E-state index >= 15 is 0 Å². The molecule has 1 amide bonds. The van der Waals surface area contributed by atoms with Crippen LogP contribution in [0.3, 0.4) is 0 Å². The van der Waals surface area contributed by atoms with Gasteiger partial charge >= 0.3 is 0 Å². The molecule has 0 spiro atoms. The van der Waals surface area contributed by atoms with E-state index in [4.69, 9.17) is 0 Å². The van der Waals surface area contributed by atoms with Crippen LogP contribution < -0.4 is 5.32 Å². The number of fused-ring (bicyclic) bond motifs is 2. The van der Waals surface area contributed by atoms with Crippen LogP contribution in [0, 0.1) is 23.2 Å². The molecule has 2 nitrogen and oxygen atoms in total. The van der Waals surface area contributed by atoms with Gasteiger partial charge in [-0.15, -0.1) is 0 Å². The Bertz CT molecular complexity index is 336. The third-order valence-corrected chi connectivity index (χ3v) is 5.67. The summed E-state index contributed by atoms with van der Waals surface area (Å²) in [4.78, 5) is 12.1. The van der Waals surface area contributed by atoms with Gasteiger partial charge in [0.05, 0.1) is 0 Å². The van der Waals surface area contributed by atoms with Crippen molar-refractivity contribution in [2.24, 2.45) is 23.2 Å². The summed E-state index contributed by atoms with van der Waals surface area (Å²) >= 11 is 0. The highest BCUT2D eigenvalue weighted by atomic mass is 16.1. The lowest BCUT2D eigenvalue weighted by Gasteiger charge is -2.22. The van der Waals surface area contributed by atoms with E-state index in [-0.39, 0.29) is 0 Å². The monoisotopic (exact) mass is 249 g/mol. The van der Waals surface area contributed by atoms with E-state index in [2.05, 4.69) is 19.2 Å². The smallest absolute Gasteiger partial charge is 0.220 e. The summed E-state index contributed by atoms with van der Waals surface area (Å²) in [5.74, 6) is 2.87. The molecule has 3 aliphatic rings.